The van der Waals surface area contributed by atoms with Crippen LogP contribution in [0.25, 0.3) is 0 Å². The van der Waals surface area contributed by atoms with Crippen LogP contribution in [-0.4, -0.2) is 16.2 Å². The summed E-state index contributed by atoms with van der Waals surface area (Å²) in [7, 11) is 0. The van der Waals surface area contributed by atoms with E-state index in [9.17, 15) is 0 Å². The van der Waals surface area contributed by atoms with Crippen molar-refractivity contribution in [2.24, 2.45) is 0 Å². The molecule has 4 heteroatoms. The number of rotatable bonds is 6. The molecule has 3 nitrogen and oxygen atoms in total. The number of hydrogen-bond donors (Lipinski definition) is 0. The fourth-order valence-electron chi connectivity index (χ4n) is 1.89. The van der Waals surface area contributed by atoms with Gasteiger partial charge in [-0.1, -0.05) is 38.1 Å². The first-order valence-electron chi connectivity index (χ1n) is 6.60. The van der Waals surface area contributed by atoms with Crippen LogP contribution >= 0.6 is 12.4 Å². The lowest BCUT2D eigenvalue weighted by Crippen LogP contribution is -1.99. The zero-order chi connectivity index (χ0) is 13.5. The average Bonchev–Trinajstić information content (AvgIpc) is 2.92. The van der Waals surface area contributed by atoms with Crippen molar-refractivity contribution >= 4 is 12.4 Å². The fraction of sp³-hybridized carbons (Fsp3) is 0.312. The van der Waals surface area contributed by atoms with Crippen LogP contribution in [0.2, 0.25) is 0 Å². The monoisotopic (exact) mass is 292 g/mol. The van der Waals surface area contributed by atoms with Gasteiger partial charge >= 0.3 is 0 Å². The molecule has 0 atom stereocenters. The van der Waals surface area contributed by atoms with Crippen LogP contribution in [0.15, 0.2) is 55.1 Å². The molecule has 0 aliphatic rings. The molecule has 0 N–H and O–H groups in total. The van der Waals surface area contributed by atoms with Gasteiger partial charge in [0.15, 0.2) is 0 Å². The minimum atomic E-state index is 0. The molecule has 0 unspecified atom stereocenters. The Bertz CT molecular complexity index is 521. The summed E-state index contributed by atoms with van der Waals surface area (Å²) in [6, 6.07) is 8.21. The van der Waals surface area contributed by atoms with E-state index in [2.05, 4.69) is 37.0 Å². The van der Waals surface area contributed by atoms with E-state index in [1.807, 2.05) is 29.0 Å². The maximum atomic E-state index is 5.81. The Morgan fingerprint density at radius 3 is 2.75 bits per heavy atom. The summed E-state index contributed by atoms with van der Waals surface area (Å²) in [5.74, 6) is 1.45. The highest BCUT2D eigenvalue weighted by molar-refractivity contribution is 5.85. The van der Waals surface area contributed by atoms with Crippen molar-refractivity contribution in [3.8, 4) is 5.75 Å². The number of aromatic nitrogens is 2. The van der Waals surface area contributed by atoms with Gasteiger partial charge in [-0.15, -0.1) is 12.4 Å². The Balaban J connectivity index is 0.00000200. The number of hydrogen-bond acceptors (Lipinski definition) is 2. The average molecular weight is 293 g/mol. The number of nitrogens with zero attached hydrogens (tertiary/aromatic N) is 2. The van der Waals surface area contributed by atoms with Crippen LogP contribution in [0.4, 0.5) is 0 Å². The number of allylic oxidation sites excluding steroid dienone is 1. The van der Waals surface area contributed by atoms with Gasteiger partial charge in [0.2, 0.25) is 0 Å². The Labute approximate surface area is 126 Å². The minimum absolute atomic E-state index is 0. The predicted molar refractivity (Wildman–Crippen MR) is 84.6 cm³/mol. The van der Waals surface area contributed by atoms with Gasteiger partial charge in [-0.3, -0.25) is 0 Å². The fourth-order valence-corrected chi connectivity index (χ4v) is 1.89. The molecule has 1 heterocycles. The zero-order valence-electron chi connectivity index (χ0n) is 11.9. The predicted octanol–water partition coefficient (Wildman–Crippen LogP) is 4.06. The van der Waals surface area contributed by atoms with Gasteiger partial charge in [-0.25, -0.2) is 4.98 Å². The third-order valence-corrected chi connectivity index (χ3v) is 2.92. The smallest absolute Gasteiger partial charge is 0.123 e. The molecule has 20 heavy (non-hydrogen) atoms. The lowest BCUT2D eigenvalue weighted by Gasteiger charge is -2.12. The highest BCUT2D eigenvalue weighted by Gasteiger charge is 2.05. The van der Waals surface area contributed by atoms with Gasteiger partial charge in [0.25, 0.3) is 0 Å². The van der Waals surface area contributed by atoms with Crippen LogP contribution in [0.3, 0.4) is 0 Å². The van der Waals surface area contributed by atoms with Crippen molar-refractivity contribution in [3.63, 3.8) is 0 Å². The first-order chi connectivity index (χ1) is 9.27. The van der Waals surface area contributed by atoms with Crippen molar-refractivity contribution in [3.05, 3.63) is 60.7 Å². The van der Waals surface area contributed by atoms with E-state index in [0.29, 0.717) is 12.5 Å². The lowest BCUT2D eigenvalue weighted by atomic mass is 10.0. The summed E-state index contributed by atoms with van der Waals surface area (Å²) in [5, 5.41) is 0. The lowest BCUT2D eigenvalue weighted by molar-refractivity contribution is 0.356. The summed E-state index contributed by atoms with van der Waals surface area (Å²) < 4.78 is 7.82. The molecule has 0 fully saturated rings. The minimum Gasteiger partial charge on any atom is -0.489 e. The van der Waals surface area contributed by atoms with E-state index < -0.39 is 0 Å². The van der Waals surface area contributed by atoms with E-state index in [1.165, 1.54) is 5.56 Å². The van der Waals surface area contributed by atoms with Crippen molar-refractivity contribution in [2.75, 3.05) is 6.61 Å². The molecule has 108 valence electrons. The summed E-state index contributed by atoms with van der Waals surface area (Å²) in [5.41, 5.74) is 1.26. The van der Waals surface area contributed by atoms with Gasteiger partial charge in [-0.2, -0.15) is 0 Å². The normalized spacial score (nSPS) is 10.8. The summed E-state index contributed by atoms with van der Waals surface area (Å²) in [4.78, 5) is 4.00. The zero-order valence-corrected chi connectivity index (χ0v) is 12.7. The van der Waals surface area contributed by atoms with Crippen LogP contribution < -0.4 is 4.74 Å². The van der Waals surface area contributed by atoms with Crippen molar-refractivity contribution < 1.29 is 4.74 Å². The van der Waals surface area contributed by atoms with Crippen LogP contribution in [0.1, 0.15) is 25.3 Å². The molecule has 1 aromatic heterocycles. The topological polar surface area (TPSA) is 27.1 Å². The molecule has 0 amide bonds. The van der Waals surface area contributed by atoms with Crippen molar-refractivity contribution in [1.82, 2.24) is 9.55 Å². The maximum Gasteiger partial charge on any atom is 0.123 e. The molecule has 0 aliphatic carbocycles. The highest BCUT2D eigenvalue weighted by atomic mass is 35.5. The van der Waals surface area contributed by atoms with Crippen molar-refractivity contribution in [1.29, 1.82) is 0 Å². The molecule has 2 aromatic rings. The summed E-state index contributed by atoms with van der Waals surface area (Å²) >= 11 is 0. The van der Waals surface area contributed by atoms with Crippen LogP contribution in [0.5, 0.6) is 5.75 Å². The van der Waals surface area contributed by atoms with Gasteiger partial charge in [0.1, 0.15) is 12.4 Å². The van der Waals surface area contributed by atoms with E-state index in [0.717, 1.165) is 12.3 Å². The second-order valence-corrected chi connectivity index (χ2v) is 4.73. The van der Waals surface area contributed by atoms with E-state index in [-0.39, 0.29) is 12.4 Å². The second kappa shape index (κ2) is 8.43. The number of imidazole rings is 1. The SMILES string of the molecule is CC(C)c1ccccc1OC/C=C/Cn1ccnc1.Cl. The maximum absolute atomic E-state index is 5.81. The molecule has 0 saturated carbocycles. The molecule has 1 aromatic carbocycles. The number of para-hydroxylation sites is 1. The summed E-state index contributed by atoms with van der Waals surface area (Å²) in [6.45, 7) is 5.78. The Kier molecular flexibility index (Phi) is 6.88. The van der Waals surface area contributed by atoms with Crippen LogP contribution in [0, 0.1) is 0 Å². The number of ether oxygens (including phenoxy) is 1. The van der Waals surface area contributed by atoms with Gasteiger partial charge in [-0.05, 0) is 23.6 Å². The summed E-state index contributed by atoms with van der Waals surface area (Å²) in [6.07, 6.45) is 9.65. The molecular weight excluding hydrogens is 272 g/mol. The first kappa shape index (κ1) is 16.3. The quantitative estimate of drug-likeness (QED) is 0.751. The Hall–Kier alpha value is -1.74. The Morgan fingerprint density at radius 2 is 2.05 bits per heavy atom. The standard InChI is InChI=1S/C16H20N2O.ClH/c1-14(2)15-7-3-4-8-16(15)19-12-6-5-10-18-11-9-17-13-18;/h3-9,11,13-14H,10,12H2,1-2H3;1H/b6-5+;. The molecule has 0 spiro atoms. The highest BCUT2D eigenvalue weighted by Crippen LogP contribution is 2.25. The third-order valence-electron chi connectivity index (χ3n) is 2.92. The molecule has 0 bridgehead atoms. The van der Waals surface area contributed by atoms with Gasteiger partial charge in [0.05, 0.1) is 6.33 Å². The molecule has 0 saturated heterocycles. The van der Waals surface area contributed by atoms with E-state index >= 15 is 0 Å². The number of halogens is 1. The second-order valence-electron chi connectivity index (χ2n) is 4.73. The van der Waals surface area contributed by atoms with Gasteiger partial charge < -0.3 is 9.30 Å². The first-order valence-corrected chi connectivity index (χ1v) is 6.60. The largest absolute Gasteiger partial charge is 0.489 e. The molecular formula is C16H21ClN2O. The molecule has 0 radical (unpaired) electrons. The third kappa shape index (κ3) is 4.74. The van der Waals surface area contributed by atoms with Crippen molar-refractivity contribution in [2.45, 2.75) is 26.3 Å². The van der Waals surface area contributed by atoms with Gasteiger partial charge in [0, 0.05) is 18.9 Å². The number of benzene rings is 1. The molecule has 2 rings (SSSR count). The van der Waals surface area contributed by atoms with E-state index in [4.69, 9.17) is 4.74 Å². The van der Waals surface area contributed by atoms with E-state index in [1.54, 1.807) is 12.5 Å². The van der Waals surface area contributed by atoms with Crippen LogP contribution in [-0.2, 0) is 6.54 Å². The Morgan fingerprint density at radius 1 is 1.25 bits per heavy atom. The molecule has 0 aliphatic heterocycles.